The number of carbonyl (C=O) groups is 1. The van der Waals surface area contributed by atoms with Gasteiger partial charge in [0.25, 0.3) is 0 Å². The fraction of sp³-hybridized carbons (Fsp3) is 0.542. The van der Waals surface area contributed by atoms with Crippen LogP contribution in [0.5, 0.6) is 0 Å². The number of nitrogens with zero attached hydrogens (tertiary/aromatic N) is 3. The number of anilines is 1. The smallest absolute Gasteiger partial charge is 0.242 e. The topological polar surface area (TPSA) is 58.1 Å². The van der Waals surface area contributed by atoms with E-state index in [-0.39, 0.29) is 11.9 Å². The number of rotatable bonds is 4. The third kappa shape index (κ3) is 2.62. The van der Waals surface area contributed by atoms with Crippen LogP contribution in [0.2, 0.25) is 0 Å². The lowest BCUT2D eigenvalue weighted by atomic mass is 9.89. The predicted molar refractivity (Wildman–Crippen MR) is 114 cm³/mol. The molecule has 1 N–H and O–H groups in total. The summed E-state index contributed by atoms with van der Waals surface area (Å²) in [6.45, 7) is 3.68. The summed E-state index contributed by atoms with van der Waals surface area (Å²) >= 11 is 0. The second-order valence-corrected chi connectivity index (χ2v) is 9.47. The van der Waals surface area contributed by atoms with E-state index in [4.69, 9.17) is 9.97 Å². The molecule has 1 amide bonds. The Morgan fingerprint density at radius 3 is 2.93 bits per heavy atom. The number of fused-ring (bicyclic) bond motifs is 1. The number of hydrogen-bond acceptors (Lipinski definition) is 4. The van der Waals surface area contributed by atoms with Crippen LogP contribution in [0.4, 0.5) is 5.95 Å². The lowest BCUT2D eigenvalue weighted by Gasteiger charge is -2.26. The summed E-state index contributed by atoms with van der Waals surface area (Å²) in [6, 6.07) is 7.94. The summed E-state index contributed by atoms with van der Waals surface area (Å²) in [4.78, 5) is 24.7. The molecule has 1 aliphatic heterocycles. The zero-order valence-electron chi connectivity index (χ0n) is 17.0. The third-order valence-electron chi connectivity index (χ3n) is 7.98. The first kappa shape index (κ1) is 17.4. The highest BCUT2D eigenvalue weighted by molar-refractivity contribution is 5.86. The minimum atomic E-state index is -0.153. The Balaban J connectivity index is 1.17. The van der Waals surface area contributed by atoms with Crippen molar-refractivity contribution in [3.8, 4) is 0 Å². The molecular weight excluding hydrogens is 360 g/mol. The van der Waals surface area contributed by atoms with Gasteiger partial charge in [-0.3, -0.25) is 4.79 Å². The Bertz CT molecular complexity index is 1010. The summed E-state index contributed by atoms with van der Waals surface area (Å²) < 4.78 is 0. The zero-order valence-corrected chi connectivity index (χ0v) is 17.0. The van der Waals surface area contributed by atoms with E-state index in [1.807, 2.05) is 25.1 Å². The zero-order chi connectivity index (χ0) is 19.6. The maximum Gasteiger partial charge on any atom is 0.242 e. The predicted octanol–water partition coefficient (Wildman–Crippen LogP) is 3.63. The molecule has 1 spiro atoms. The minimum absolute atomic E-state index is 0.147. The fourth-order valence-electron chi connectivity index (χ4n) is 6.33. The average Bonchev–Trinajstić information content (AvgIpc) is 3.13. The SMILES string of the molecule is Cc1nc(N2CCC[C@H]2C(=O)NC[C@@H]2C[C@H]3C=C[C@H]2C32CC2)nc2ccccc12. The Hall–Kier alpha value is -2.43. The summed E-state index contributed by atoms with van der Waals surface area (Å²) in [5, 5.41) is 4.38. The molecule has 29 heavy (non-hydrogen) atoms. The second-order valence-electron chi connectivity index (χ2n) is 9.47. The van der Waals surface area contributed by atoms with Crippen molar-refractivity contribution < 1.29 is 4.79 Å². The summed E-state index contributed by atoms with van der Waals surface area (Å²) in [5.41, 5.74) is 2.51. The molecule has 6 rings (SSSR count). The molecule has 2 bridgehead atoms. The van der Waals surface area contributed by atoms with Gasteiger partial charge in [-0.2, -0.15) is 0 Å². The molecule has 150 valence electrons. The highest BCUT2D eigenvalue weighted by Gasteiger charge is 2.62. The first-order valence-electron chi connectivity index (χ1n) is 11.1. The van der Waals surface area contributed by atoms with Crippen molar-refractivity contribution in [2.45, 2.75) is 45.1 Å². The number of benzene rings is 1. The van der Waals surface area contributed by atoms with Crippen LogP contribution in [-0.4, -0.2) is 35.0 Å². The van der Waals surface area contributed by atoms with Crippen LogP contribution in [0.3, 0.4) is 0 Å². The van der Waals surface area contributed by atoms with E-state index in [0.29, 0.717) is 23.2 Å². The molecular formula is C24H28N4O. The molecule has 1 aromatic carbocycles. The number of para-hydroxylation sites is 1. The second kappa shape index (κ2) is 6.28. The Kier molecular flexibility index (Phi) is 3.78. The molecule has 5 heteroatoms. The van der Waals surface area contributed by atoms with Crippen LogP contribution in [0.1, 0.15) is 37.8 Å². The number of hydrogen-bond donors (Lipinski definition) is 1. The summed E-state index contributed by atoms with van der Waals surface area (Å²) in [7, 11) is 0. The molecule has 0 radical (unpaired) electrons. The lowest BCUT2D eigenvalue weighted by molar-refractivity contribution is -0.122. The van der Waals surface area contributed by atoms with Gasteiger partial charge in [-0.1, -0.05) is 30.4 Å². The van der Waals surface area contributed by atoms with Crippen molar-refractivity contribution in [2.75, 3.05) is 18.0 Å². The molecule has 3 aliphatic carbocycles. The van der Waals surface area contributed by atoms with Gasteiger partial charge >= 0.3 is 0 Å². The Labute approximate surface area is 171 Å². The monoisotopic (exact) mass is 388 g/mol. The van der Waals surface area contributed by atoms with Crippen LogP contribution in [0, 0.1) is 30.1 Å². The van der Waals surface area contributed by atoms with Gasteiger partial charge in [0.15, 0.2) is 0 Å². The normalized spacial score (nSPS) is 31.1. The van der Waals surface area contributed by atoms with E-state index in [2.05, 4.69) is 28.4 Å². The molecule has 1 aromatic heterocycles. The number of amides is 1. The lowest BCUT2D eigenvalue weighted by Crippen LogP contribution is -2.45. The van der Waals surface area contributed by atoms with Gasteiger partial charge in [0, 0.05) is 18.5 Å². The molecule has 2 heterocycles. The van der Waals surface area contributed by atoms with Gasteiger partial charge in [0.2, 0.25) is 11.9 Å². The maximum absolute atomic E-state index is 13.1. The van der Waals surface area contributed by atoms with Crippen LogP contribution in [0.25, 0.3) is 10.9 Å². The van der Waals surface area contributed by atoms with Crippen molar-refractivity contribution in [1.82, 2.24) is 15.3 Å². The number of aryl methyl sites for hydroxylation is 1. The Morgan fingerprint density at radius 2 is 2.10 bits per heavy atom. The highest BCUT2D eigenvalue weighted by atomic mass is 16.2. The maximum atomic E-state index is 13.1. The standard InChI is InChI=1S/C24H28N4O/c1-15-18-5-2-3-6-20(18)27-23(26-15)28-12-4-7-21(28)22(29)25-14-16-13-17-8-9-19(16)24(17)10-11-24/h2-3,5-6,8-9,16-17,19,21H,4,7,10-14H2,1H3,(H,25,29)/t16-,17+,19+,21-/m0/s1. The first-order valence-corrected chi connectivity index (χ1v) is 11.1. The van der Waals surface area contributed by atoms with Gasteiger partial charge in [0.05, 0.1) is 11.2 Å². The van der Waals surface area contributed by atoms with Crippen molar-refractivity contribution in [3.05, 3.63) is 42.1 Å². The van der Waals surface area contributed by atoms with Crippen molar-refractivity contribution in [2.24, 2.45) is 23.2 Å². The first-order chi connectivity index (χ1) is 14.2. The van der Waals surface area contributed by atoms with E-state index in [1.165, 1.54) is 19.3 Å². The van der Waals surface area contributed by atoms with Gasteiger partial charge in [-0.15, -0.1) is 0 Å². The third-order valence-corrected chi connectivity index (χ3v) is 7.98. The molecule has 3 fully saturated rings. The number of aromatic nitrogens is 2. The summed E-state index contributed by atoms with van der Waals surface area (Å²) in [6.07, 6.45) is 10.8. The molecule has 0 unspecified atom stereocenters. The molecule has 4 aliphatic rings. The molecule has 1 saturated heterocycles. The number of allylic oxidation sites excluding steroid dienone is 2. The van der Waals surface area contributed by atoms with E-state index in [9.17, 15) is 4.79 Å². The molecule has 5 nitrogen and oxygen atoms in total. The van der Waals surface area contributed by atoms with Crippen LogP contribution in [-0.2, 0) is 4.79 Å². The van der Waals surface area contributed by atoms with E-state index in [0.717, 1.165) is 48.4 Å². The van der Waals surface area contributed by atoms with Crippen LogP contribution >= 0.6 is 0 Å². The van der Waals surface area contributed by atoms with Gasteiger partial charge in [-0.25, -0.2) is 9.97 Å². The van der Waals surface area contributed by atoms with E-state index < -0.39 is 0 Å². The van der Waals surface area contributed by atoms with E-state index >= 15 is 0 Å². The summed E-state index contributed by atoms with van der Waals surface area (Å²) in [5.74, 6) is 2.92. The van der Waals surface area contributed by atoms with Gasteiger partial charge < -0.3 is 10.2 Å². The highest BCUT2D eigenvalue weighted by Crippen LogP contribution is 2.69. The quantitative estimate of drug-likeness (QED) is 0.813. The average molecular weight is 389 g/mol. The number of carbonyl (C=O) groups excluding carboxylic acids is 1. The van der Waals surface area contributed by atoms with Gasteiger partial charge in [-0.05, 0) is 68.3 Å². The van der Waals surface area contributed by atoms with Crippen LogP contribution < -0.4 is 10.2 Å². The van der Waals surface area contributed by atoms with E-state index in [1.54, 1.807) is 0 Å². The Morgan fingerprint density at radius 1 is 1.24 bits per heavy atom. The molecule has 4 atom stereocenters. The van der Waals surface area contributed by atoms with Gasteiger partial charge in [0.1, 0.15) is 6.04 Å². The number of nitrogens with one attached hydrogen (secondary N) is 1. The minimum Gasteiger partial charge on any atom is -0.354 e. The van der Waals surface area contributed by atoms with Crippen molar-refractivity contribution >= 4 is 22.8 Å². The van der Waals surface area contributed by atoms with Crippen molar-refractivity contribution in [1.29, 1.82) is 0 Å². The largest absolute Gasteiger partial charge is 0.354 e. The van der Waals surface area contributed by atoms with Crippen molar-refractivity contribution in [3.63, 3.8) is 0 Å². The van der Waals surface area contributed by atoms with Crippen LogP contribution in [0.15, 0.2) is 36.4 Å². The molecule has 2 aromatic rings. The molecule has 2 saturated carbocycles. The fourth-order valence-corrected chi connectivity index (χ4v) is 6.33.